The Morgan fingerprint density at radius 1 is 1.43 bits per heavy atom. The first kappa shape index (κ1) is 9.80. The van der Waals surface area contributed by atoms with Crippen LogP contribution in [0.3, 0.4) is 0 Å². The van der Waals surface area contributed by atoms with Crippen molar-refractivity contribution in [1.29, 1.82) is 0 Å². The predicted octanol–water partition coefficient (Wildman–Crippen LogP) is 2.02. The molecule has 1 aromatic rings. The minimum absolute atomic E-state index is 0.00192. The fourth-order valence-corrected chi connectivity index (χ4v) is 1.93. The molecule has 2 rings (SSSR count). The lowest BCUT2D eigenvalue weighted by Crippen LogP contribution is -2.16. The van der Waals surface area contributed by atoms with Gasteiger partial charge in [-0.1, -0.05) is 15.9 Å². The van der Waals surface area contributed by atoms with E-state index in [0.29, 0.717) is 13.2 Å². The van der Waals surface area contributed by atoms with Crippen molar-refractivity contribution < 1.29 is 14.6 Å². The highest BCUT2D eigenvalue weighted by molar-refractivity contribution is 9.10. The molecule has 0 saturated carbocycles. The number of hydrogen-bond donors (Lipinski definition) is 1. The summed E-state index contributed by atoms with van der Waals surface area (Å²) >= 11 is 3.42. The van der Waals surface area contributed by atoms with Gasteiger partial charge in [-0.05, 0) is 18.6 Å². The van der Waals surface area contributed by atoms with Crippen LogP contribution in [0.2, 0.25) is 0 Å². The second-order valence-corrected chi connectivity index (χ2v) is 3.95. The lowest BCUT2D eigenvalue weighted by Gasteiger charge is -2.22. The molecule has 0 unspecified atom stereocenters. The minimum Gasteiger partial charge on any atom is -0.486 e. The third kappa shape index (κ3) is 1.48. The van der Waals surface area contributed by atoms with E-state index in [-0.39, 0.29) is 6.61 Å². The molecule has 1 N–H and O–H groups in total. The standard InChI is InChI=1S/C10H11BrO3/c1-6-9(11)7(5-12)4-8-10(6)14-3-2-13-8/h4,12H,2-3,5H2,1H3. The van der Waals surface area contributed by atoms with Crippen molar-refractivity contribution in [2.24, 2.45) is 0 Å². The summed E-state index contributed by atoms with van der Waals surface area (Å²) in [6.45, 7) is 3.09. The largest absolute Gasteiger partial charge is 0.486 e. The Labute approximate surface area is 90.8 Å². The van der Waals surface area contributed by atoms with Crippen molar-refractivity contribution in [2.45, 2.75) is 13.5 Å². The van der Waals surface area contributed by atoms with Crippen LogP contribution in [0.5, 0.6) is 11.5 Å². The van der Waals surface area contributed by atoms with Gasteiger partial charge in [0.2, 0.25) is 0 Å². The Bertz CT molecular complexity index is 363. The van der Waals surface area contributed by atoms with Crippen LogP contribution < -0.4 is 9.47 Å². The topological polar surface area (TPSA) is 38.7 Å². The van der Waals surface area contributed by atoms with Crippen molar-refractivity contribution in [3.8, 4) is 11.5 Å². The molecule has 14 heavy (non-hydrogen) atoms. The van der Waals surface area contributed by atoms with Gasteiger partial charge in [0, 0.05) is 10.0 Å². The zero-order valence-corrected chi connectivity index (χ0v) is 9.43. The highest BCUT2D eigenvalue weighted by Crippen LogP contribution is 2.39. The first-order chi connectivity index (χ1) is 6.74. The number of aliphatic hydroxyl groups excluding tert-OH is 1. The van der Waals surface area contributed by atoms with Crippen LogP contribution in [-0.2, 0) is 6.61 Å². The molecule has 0 radical (unpaired) electrons. The van der Waals surface area contributed by atoms with Gasteiger partial charge in [0.05, 0.1) is 6.61 Å². The summed E-state index contributed by atoms with van der Waals surface area (Å²) < 4.78 is 11.8. The van der Waals surface area contributed by atoms with Gasteiger partial charge in [-0.25, -0.2) is 0 Å². The lowest BCUT2D eigenvalue weighted by molar-refractivity contribution is 0.169. The van der Waals surface area contributed by atoms with E-state index in [1.54, 1.807) is 0 Å². The maximum Gasteiger partial charge on any atom is 0.165 e. The van der Waals surface area contributed by atoms with Gasteiger partial charge in [0.15, 0.2) is 11.5 Å². The molecule has 0 bridgehead atoms. The SMILES string of the molecule is Cc1c(Br)c(CO)cc2c1OCCO2. The molecule has 76 valence electrons. The molecular weight excluding hydrogens is 248 g/mol. The Balaban J connectivity index is 2.57. The van der Waals surface area contributed by atoms with E-state index in [4.69, 9.17) is 14.6 Å². The number of rotatable bonds is 1. The predicted molar refractivity (Wildman–Crippen MR) is 55.8 cm³/mol. The Hall–Kier alpha value is -0.740. The molecule has 1 aliphatic rings. The Morgan fingerprint density at radius 3 is 2.86 bits per heavy atom. The molecule has 3 nitrogen and oxygen atoms in total. The van der Waals surface area contributed by atoms with Gasteiger partial charge in [-0.2, -0.15) is 0 Å². The second-order valence-electron chi connectivity index (χ2n) is 3.16. The molecule has 1 heterocycles. The Morgan fingerprint density at radius 2 is 2.14 bits per heavy atom. The van der Waals surface area contributed by atoms with Crippen molar-refractivity contribution in [2.75, 3.05) is 13.2 Å². The van der Waals surface area contributed by atoms with Crippen LogP contribution in [0.25, 0.3) is 0 Å². The van der Waals surface area contributed by atoms with Gasteiger partial charge in [-0.3, -0.25) is 0 Å². The van der Waals surface area contributed by atoms with E-state index < -0.39 is 0 Å². The number of hydrogen-bond acceptors (Lipinski definition) is 3. The summed E-state index contributed by atoms with van der Waals surface area (Å²) in [6, 6.07) is 1.81. The summed E-state index contributed by atoms with van der Waals surface area (Å²) in [6.07, 6.45) is 0. The van der Waals surface area contributed by atoms with Crippen molar-refractivity contribution in [3.05, 3.63) is 21.7 Å². The van der Waals surface area contributed by atoms with Gasteiger partial charge in [0.1, 0.15) is 13.2 Å². The molecule has 0 aromatic heterocycles. The average molecular weight is 259 g/mol. The molecule has 0 aliphatic carbocycles. The van der Waals surface area contributed by atoms with Crippen molar-refractivity contribution in [3.63, 3.8) is 0 Å². The average Bonchev–Trinajstić information content (AvgIpc) is 2.23. The maximum atomic E-state index is 9.12. The van der Waals surface area contributed by atoms with Crippen molar-refractivity contribution >= 4 is 15.9 Å². The summed E-state index contributed by atoms with van der Waals surface area (Å²) in [5.41, 5.74) is 1.80. The van der Waals surface area contributed by atoms with E-state index in [2.05, 4.69) is 15.9 Å². The van der Waals surface area contributed by atoms with Gasteiger partial charge in [-0.15, -0.1) is 0 Å². The molecule has 0 atom stereocenters. The summed E-state index contributed by atoms with van der Waals surface area (Å²) in [5.74, 6) is 1.50. The number of ether oxygens (including phenoxy) is 2. The highest BCUT2D eigenvalue weighted by Gasteiger charge is 2.18. The maximum absolute atomic E-state index is 9.12. The highest BCUT2D eigenvalue weighted by atomic mass is 79.9. The van der Waals surface area contributed by atoms with Crippen LogP contribution in [0, 0.1) is 6.92 Å². The van der Waals surface area contributed by atoms with Crippen LogP contribution >= 0.6 is 15.9 Å². The lowest BCUT2D eigenvalue weighted by atomic mass is 10.1. The van der Waals surface area contributed by atoms with Crippen LogP contribution in [0.1, 0.15) is 11.1 Å². The van der Waals surface area contributed by atoms with E-state index in [9.17, 15) is 0 Å². The zero-order chi connectivity index (χ0) is 10.1. The van der Waals surface area contributed by atoms with E-state index in [1.807, 2.05) is 13.0 Å². The first-order valence-electron chi connectivity index (χ1n) is 4.42. The number of fused-ring (bicyclic) bond motifs is 1. The van der Waals surface area contributed by atoms with Crippen LogP contribution in [-0.4, -0.2) is 18.3 Å². The van der Waals surface area contributed by atoms with E-state index in [0.717, 1.165) is 27.1 Å². The zero-order valence-electron chi connectivity index (χ0n) is 7.84. The third-order valence-electron chi connectivity index (χ3n) is 2.24. The van der Waals surface area contributed by atoms with E-state index in [1.165, 1.54) is 0 Å². The van der Waals surface area contributed by atoms with Gasteiger partial charge in [0.25, 0.3) is 0 Å². The quantitative estimate of drug-likeness (QED) is 0.838. The van der Waals surface area contributed by atoms with Gasteiger partial charge >= 0.3 is 0 Å². The molecule has 4 heteroatoms. The summed E-state index contributed by atoms with van der Waals surface area (Å²) in [7, 11) is 0. The Kier molecular flexibility index (Phi) is 2.65. The molecule has 1 aliphatic heterocycles. The summed E-state index contributed by atoms with van der Waals surface area (Å²) in [4.78, 5) is 0. The molecule has 0 saturated heterocycles. The second kappa shape index (κ2) is 3.79. The summed E-state index contributed by atoms with van der Waals surface area (Å²) in [5, 5.41) is 9.12. The first-order valence-corrected chi connectivity index (χ1v) is 5.21. The monoisotopic (exact) mass is 258 g/mol. The van der Waals surface area contributed by atoms with E-state index >= 15 is 0 Å². The van der Waals surface area contributed by atoms with Crippen molar-refractivity contribution in [1.82, 2.24) is 0 Å². The number of aliphatic hydroxyl groups is 1. The number of benzene rings is 1. The van der Waals surface area contributed by atoms with Crippen LogP contribution in [0.15, 0.2) is 10.5 Å². The third-order valence-corrected chi connectivity index (χ3v) is 3.34. The fourth-order valence-electron chi connectivity index (χ4n) is 1.51. The minimum atomic E-state index is -0.00192. The molecule has 0 fully saturated rings. The van der Waals surface area contributed by atoms with Gasteiger partial charge < -0.3 is 14.6 Å². The molecule has 0 spiro atoms. The molecule has 0 amide bonds. The molecular formula is C10H11BrO3. The number of halogens is 1. The normalized spacial score (nSPS) is 14.2. The fraction of sp³-hybridized carbons (Fsp3) is 0.400. The van der Waals surface area contributed by atoms with Crippen LogP contribution in [0.4, 0.5) is 0 Å². The molecule has 1 aromatic carbocycles. The smallest absolute Gasteiger partial charge is 0.165 e.